The van der Waals surface area contributed by atoms with Gasteiger partial charge in [-0.25, -0.2) is 4.98 Å². The van der Waals surface area contributed by atoms with E-state index in [1.807, 2.05) is 6.92 Å². The van der Waals surface area contributed by atoms with Gasteiger partial charge in [0.25, 0.3) is 0 Å². The number of likely N-dealkylation sites (N-methyl/N-ethyl adjacent to an activating group) is 3. The molecule has 43 nitrogen and oxygen atoms in total. The van der Waals surface area contributed by atoms with Gasteiger partial charge in [-0.1, -0.05) is 88.1 Å². The number of aromatic amines is 3. The standard InChI is InChI=1S/C90H122N20O23S/c1-7-9-22-69-84(127)99-61(29-30-76(117)118)81(124)105-68(80(123)96-43-74(92)115)46-134-47-75(116)98-64(33-50-25-27-55(112)28-26-50)86(129)106(4)49(3)78(121)102-66(39-77(119)120)89(132)109-32-16-24-70(109)85(128)101-63(37-54-42-93-48-97-54)82(125)100-62(21-15-31-91)88(131)110-44-56(113)38-72(110)73(114)36-51(34-52-40-94-59-19-13-11-17-57(52)59)79(122)104-67(45-111)83(126)103-65(35-53-41-95-60-20-14-12-18-58(53)60)87(130)108(6)71(23-10-8-2)90(133)107(69)5/h11-14,17-20,25-28,40-42,48-49,51,56,61-72,94-95,111-113H,7-10,15-16,21-24,29-39,43-47,91H2,1-6H3,(H2,92,115)(H,93,97)(H,96,123)(H,98,116)(H,99,127)(H,100,125)(H,101,128)(H,102,121)(H,103,126)(H,104,122)(H,105,124)(H,117,118)(H,119,120)/t49-,51+,56+,61-,62-,63-,64-,65-,66-,67-,68-,69-,70-,71-,72-/m0/s1. The number of nitrogens with zero attached hydrogens (tertiary/aromatic N) is 6. The van der Waals surface area contributed by atoms with Crippen molar-refractivity contribution in [2.24, 2.45) is 17.4 Å². The van der Waals surface area contributed by atoms with Gasteiger partial charge in [0.1, 0.15) is 78.3 Å². The number of primary amides is 1. The predicted molar refractivity (Wildman–Crippen MR) is 486 cm³/mol. The number of benzene rings is 3. The number of H-pyrrole nitrogens is 3. The molecular formula is C90H122N20O23S. The van der Waals surface area contributed by atoms with E-state index >= 15 is 38.4 Å². The molecule has 6 aromatic rings. The van der Waals surface area contributed by atoms with Gasteiger partial charge in [-0.05, 0) is 106 Å². The Labute approximate surface area is 776 Å². The fourth-order valence-corrected chi connectivity index (χ4v) is 17.5. The second-order valence-corrected chi connectivity index (χ2v) is 35.0. The first-order valence-corrected chi connectivity index (χ1v) is 45.9. The van der Waals surface area contributed by atoms with Crippen molar-refractivity contribution in [2.45, 2.75) is 227 Å². The summed E-state index contributed by atoms with van der Waals surface area (Å²) in [5, 5.41) is 77.5. The van der Waals surface area contributed by atoms with Crippen molar-refractivity contribution in [3.8, 4) is 5.75 Å². The summed E-state index contributed by atoms with van der Waals surface area (Å²) in [5.74, 6) is -21.4. The molecule has 44 heteroatoms. The second-order valence-electron chi connectivity index (χ2n) is 33.9. The molecule has 15 amide bonds. The van der Waals surface area contributed by atoms with Crippen LogP contribution < -0.4 is 59.3 Å². The first kappa shape index (κ1) is 104. The highest BCUT2D eigenvalue weighted by Crippen LogP contribution is 2.30. The van der Waals surface area contributed by atoms with E-state index in [9.17, 15) is 73.5 Å². The van der Waals surface area contributed by atoms with Gasteiger partial charge in [0.05, 0.1) is 49.5 Å². The number of carbonyl (C=O) groups excluding carboxylic acids is 16. The average molecular weight is 1880 g/mol. The van der Waals surface area contributed by atoms with E-state index < -0.39 is 254 Å². The van der Waals surface area contributed by atoms with Crippen molar-refractivity contribution in [2.75, 3.05) is 65.4 Å². The van der Waals surface area contributed by atoms with E-state index in [2.05, 4.69) is 67.8 Å². The van der Waals surface area contributed by atoms with Crippen LogP contribution in [0.1, 0.15) is 139 Å². The average Bonchev–Trinajstić information content (AvgIpc) is 1.59. The number of aromatic nitrogens is 4. The van der Waals surface area contributed by atoms with Crippen LogP contribution in [0.25, 0.3) is 21.8 Å². The van der Waals surface area contributed by atoms with Gasteiger partial charge in [0.2, 0.25) is 88.6 Å². The number of aliphatic carboxylic acids is 2. The molecular weight excluding hydrogens is 1760 g/mol. The molecule has 0 radical (unpaired) electrons. The fourth-order valence-electron chi connectivity index (χ4n) is 16.7. The third-order valence-electron chi connectivity index (χ3n) is 24.2. The maximum atomic E-state index is 15.7. The van der Waals surface area contributed by atoms with Gasteiger partial charge in [-0.3, -0.25) is 86.3 Å². The lowest BCUT2D eigenvalue weighted by atomic mass is 9.90. The van der Waals surface area contributed by atoms with Crippen LogP contribution in [0.3, 0.4) is 0 Å². The minimum absolute atomic E-state index is 0.0271. The maximum Gasteiger partial charge on any atom is 0.305 e. The number of aliphatic hydroxyl groups excluding tert-OH is 2. The van der Waals surface area contributed by atoms with Crippen molar-refractivity contribution in [3.05, 3.63) is 120 Å². The normalized spacial score (nSPS) is 24.9. The fraction of sp³-hybridized carbons (Fsp3) is 0.522. The van der Waals surface area contributed by atoms with Crippen LogP contribution in [0.15, 0.2) is 97.7 Å². The van der Waals surface area contributed by atoms with E-state index in [0.29, 0.717) is 69.5 Å². The Morgan fingerprint density at radius 2 is 1.13 bits per heavy atom. The molecule has 9 rings (SSSR count). The summed E-state index contributed by atoms with van der Waals surface area (Å²) in [6.45, 7) is 2.29. The number of nitrogens with one attached hydrogen (secondary N) is 12. The van der Waals surface area contributed by atoms with Crippen molar-refractivity contribution in [1.29, 1.82) is 0 Å². The number of carboxylic acids is 2. The van der Waals surface area contributed by atoms with Gasteiger partial charge in [0.15, 0.2) is 5.78 Å². The molecule has 3 saturated heterocycles. The van der Waals surface area contributed by atoms with E-state index in [4.69, 9.17) is 11.5 Å². The number of unbranched alkanes of at least 4 members (excludes halogenated alkanes) is 2. The maximum absolute atomic E-state index is 15.7. The Morgan fingerprint density at radius 1 is 0.560 bits per heavy atom. The molecule has 134 heavy (non-hydrogen) atoms. The molecule has 3 aromatic heterocycles. The van der Waals surface area contributed by atoms with Crippen LogP contribution in [0.2, 0.25) is 0 Å². The minimum atomic E-state index is -1.92. The first-order valence-electron chi connectivity index (χ1n) is 44.7. The van der Waals surface area contributed by atoms with Crippen LogP contribution >= 0.6 is 11.8 Å². The molecule has 0 saturated carbocycles. The number of nitrogens with two attached hydrogens (primary N) is 2. The third kappa shape index (κ3) is 28.6. The van der Waals surface area contributed by atoms with Crippen molar-refractivity contribution < 1.29 is 112 Å². The number of para-hydroxylation sites is 2. The molecule has 3 aromatic carbocycles. The van der Waals surface area contributed by atoms with Gasteiger partial charge in [-0.15, -0.1) is 11.8 Å². The van der Waals surface area contributed by atoms with E-state index in [1.165, 1.54) is 64.9 Å². The number of imidazole rings is 1. The third-order valence-corrected chi connectivity index (χ3v) is 25.3. The number of hydrogen-bond acceptors (Lipinski definition) is 24. The zero-order valence-electron chi connectivity index (χ0n) is 75.6. The summed E-state index contributed by atoms with van der Waals surface area (Å²) >= 11 is 0.696. The van der Waals surface area contributed by atoms with E-state index in [-0.39, 0.29) is 102 Å². The van der Waals surface area contributed by atoms with Gasteiger partial charge in [0, 0.05) is 125 Å². The highest BCUT2D eigenvalue weighted by Gasteiger charge is 2.47. The molecule has 0 unspecified atom stereocenters. The van der Waals surface area contributed by atoms with E-state index in [1.54, 1.807) is 67.8 Å². The van der Waals surface area contributed by atoms with Gasteiger partial charge < -0.3 is 124 Å². The van der Waals surface area contributed by atoms with Crippen LogP contribution in [0, 0.1) is 5.92 Å². The number of rotatable bonds is 26. The Bertz CT molecular complexity index is 5190. The Hall–Kier alpha value is -13.4. The number of phenols is 1. The number of fused-ring (bicyclic) bond motifs is 4. The Balaban J connectivity index is 1.10. The summed E-state index contributed by atoms with van der Waals surface area (Å²) in [7, 11) is 3.77. The van der Waals surface area contributed by atoms with Gasteiger partial charge in [-0.2, -0.15) is 0 Å². The number of thioether (sulfide) groups is 1. The number of ketones is 1. The highest BCUT2D eigenvalue weighted by atomic mass is 32.2. The number of carbonyl (C=O) groups is 18. The summed E-state index contributed by atoms with van der Waals surface area (Å²) in [6, 6.07) is -1.55. The largest absolute Gasteiger partial charge is 0.508 e. The minimum Gasteiger partial charge on any atom is -0.508 e. The number of amides is 15. The lowest BCUT2D eigenvalue weighted by Gasteiger charge is -2.36. The Kier molecular flexibility index (Phi) is 38.9. The summed E-state index contributed by atoms with van der Waals surface area (Å²) < 4.78 is 0. The molecule has 3 aliphatic rings. The zero-order valence-corrected chi connectivity index (χ0v) is 76.4. The summed E-state index contributed by atoms with van der Waals surface area (Å²) in [5.41, 5.74) is 14.3. The predicted octanol–water partition coefficient (Wildman–Crippen LogP) is -1.94. The highest BCUT2D eigenvalue weighted by molar-refractivity contribution is 8.00. The molecule has 726 valence electrons. The quantitative estimate of drug-likeness (QED) is 0.0281. The van der Waals surface area contributed by atoms with Crippen molar-refractivity contribution in [1.82, 2.24) is 92.3 Å². The van der Waals surface area contributed by atoms with E-state index in [0.717, 1.165) is 24.5 Å². The Morgan fingerprint density at radius 3 is 1.75 bits per heavy atom. The molecule has 6 heterocycles. The zero-order chi connectivity index (χ0) is 97.7. The van der Waals surface area contributed by atoms with Crippen molar-refractivity contribution in [3.63, 3.8) is 0 Å². The molecule has 0 bridgehead atoms. The van der Waals surface area contributed by atoms with Crippen molar-refractivity contribution >= 4 is 140 Å². The number of aliphatic hydroxyl groups is 2. The smallest absolute Gasteiger partial charge is 0.305 e. The topological polar surface area (TPSA) is 645 Å². The monoisotopic (exact) mass is 1880 g/mol. The number of aromatic hydroxyl groups is 1. The molecule has 15 atom stereocenters. The van der Waals surface area contributed by atoms with Crippen LogP contribution in [0.4, 0.5) is 0 Å². The van der Waals surface area contributed by atoms with Crippen LogP contribution in [-0.2, 0) is 112 Å². The summed E-state index contributed by atoms with van der Waals surface area (Å²) in [6.07, 6.45) is 1.22. The number of Topliss-reactive ketones (excluding diaryl/α,β-unsaturated/α-hetero) is 1. The van der Waals surface area contributed by atoms with Crippen LogP contribution in [-0.4, -0.2) is 326 Å². The lowest BCUT2D eigenvalue weighted by Crippen LogP contribution is -2.61. The molecule has 0 aliphatic carbocycles. The molecule has 21 N–H and O–H groups in total. The lowest BCUT2D eigenvalue weighted by molar-refractivity contribution is -0.149. The number of phenolic OH excluding ortho intramolecular Hbond substituents is 1. The molecule has 3 fully saturated rings. The van der Waals surface area contributed by atoms with Gasteiger partial charge >= 0.3 is 11.9 Å². The molecule has 3 aliphatic heterocycles. The summed E-state index contributed by atoms with van der Waals surface area (Å²) in [4.78, 5) is 280. The number of hydrogen-bond donors (Lipinski definition) is 19. The molecule has 0 spiro atoms. The SMILES string of the molecule is CCCC[C@H]1C(=O)N(C)[C@@H](CCCC)C(=O)N[C@@H](CCC(=O)O)C(=O)N[C@H](C(=O)NCC(N)=O)CSCC(=O)N[C@@H](Cc2ccc(O)cc2)C(=O)N(C)[C@@H](C)C(=O)N[C@@H](CC(=O)O)C(=O)N2CCC[C@H]2C(=O)N[C@@H](Cc2c[nH]cn2)C(=O)N[C@@H](CCCN)C(=O)N2C[C@H](O)C[C@H]2C(=O)C[C@@H](Cc2c[nH]c3ccccc23)C(=O)N[C@@H](CO)C(=O)N[C@@H](Cc2c[nH]c3ccccc23)C(=O)N1C. The van der Waals surface area contributed by atoms with Crippen LogP contribution in [0.5, 0.6) is 5.75 Å². The first-order chi connectivity index (χ1) is 63.9. The second kappa shape index (κ2) is 49.9. The number of carboxylic acid groups (broad SMARTS) is 2.